The summed E-state index contributed by atoms with van der Waals surface area (Å²) in [7, 11) is 1.25. The lowest BCUT2D eigenvalue weighted by molar-refractivity contribution is -0.146. The first kappa shape index (κ1) is 23.0. The Morgan fingerprint density at radius 1 is 1.26 bits per heavy atom. The fourth-order valence-electron chi connectivity index (χ4n) is 4.31. The van der Waals surface area contributed by atoms with Crippen LogP contribution in [0.5, 0.6) is 0 Å². The van der Waals surface area contributed by atoms with Crippen molar-refractivity contribution in [2.45, 2.75) is 63.9 Å². The van der Waals surface area contributed by atoms with Crippen LogP contribution in [0.15, 0.2) is 24.3 Å². The van der Waals surface area contributed by atoms with E-state index in [4.69, 9.17) is 9.47 Å². The molecule has 2 aliphatic rings. The highest BCUT2D eigenvalue weighted by Gasteiger charge is 2.51. The molecule has 1 aromatic carbocycles. The van der Waals surface area contributed by atoms with E-state index in [1.54, 1.807) is 32.9 Å². The molecule has 0 spiro atoms. The molecule has 9 heteroatoms. The third-order valence-corrected chi connectivity index (χ3v) is 5.68. The molecule has 1 aromatic rings. The van der Waals surface area contributed by atoms with Gasteiger partial charge in [-0.2, -0.15) is 0 Å². The molecule has 4 unspecified atom stereocenters. The van der Waals surface area contributed by atoms with Gasteiger partial charge in [-0.25, -0.2) is 14.0 Å². The Labute approximate surface area is 181 Å². The van der Waals surface area contributed by atoms with E-state index >= 15 is 0 Å². The SMILES string of the molecule is COC(=O)C(CN1CC2CC1C(=O)N2C(C)c1ccc(F)cc1)NC(=O)OC(C)(C)C. The van der Waals surface area contributed by atoms with Crippen LogP contribution in [0.4, 0.5) is 9.18 Å². The maximum atomic E-state index is 13.2. The summed E-state index contributed by atoms with van der Waals surface area (Å²) in [6.07, 6.45) is -0.0739. The zero-order valence-corrected chi connectivity index (χ0v) is 18.6. The van der Waals surface area contributed by atoms with Crippen molar-refractivity contribution in [2.24, 2.45) is 0 Å². The summed E-state index contributed by atoms with van der Waals surface area (Å²) >= 11 is 0. The van der Waals surface area contributed by atoms with Gasteiger partial charge in [0.1, 0.15) is 17.5 Å². The molecule has 0 saturated carbocycles. The normalized spacial score (nSPS) is 22.9. The molecule has 2 heterocycles. The van der Waals surface area contributed by atoms with Gasteiger partial charge in [-0.3, -0.25) is 9.69 Å². The number of halogens is 1. The Kier molecular flexibility index (Phi) is 6.54. The van der Waals surface area contributed by atoms with E-state index in [0.29, 0.717) is 13.0 Å². The van der Waals surface area contributed by atoms with Crippen LogP contribution in [0.3, 0.4) is 0 Å². The molecule has 0 radical (unpaired) electrons. The van der Waals surface area contributed by atoms with Crippen molar-refractivity contribution in [3.8, 4) is 0 Å². The summed E-state index contributed by atoms with van der Waals surface area (Å²) < 4.78 is 23.3. The first-order valence-electron chi connectivity index (χ1n) is 10.4. The number of nitrogens with zero attached hydrogens (tertiary/aromatic N) is 2. The number of benzene rings is 1. The van der Waals surface area contributed by atoms with Crippen LogP contribution in [-0.2, 0) is 19.1 Å². The van der Waals surface area contributed by atoms with Crippen LogP contribution in [0.2, 0.25) is 0 Å². The van der Waals surface area contributed by atoms with Crippen LogP contribution in [-0.4, -0.2) is 71.7 Å². The summed E-state index contributed by atoms with van der Waals surface area (Å²) in [6, 6.07) is 4.64. The Morgan fingerprint density at radius 2 is 1.90 bits per heavy atom. The van der Waals surface area contributed by atoms with E-state index in [0.717, 1.165) is 5.56 Å². The number of esters is 1. The van der Waals surface area contributed by atoms with E-state index < -0.39 is 23.7 Å². The second-order valence-corrected chi connectivity index (χ2v) is 9.05. The molecule has 0 aliphatic carbocycles. The van der Waals surface area contributed by atoms with E-state index in [2.05, 4.69) is 5.32 Å². The van der Waals surface area contributed by atoms with E-state index in [1.807, 2.05) is 16.7 Å². The number of likely N-dealkylation sites (tertiary alicyclic amines) is 2. The van der Waals surface area contributed by atoms with E-state index in [9.17, 15) is 18.8 Å². The molecule has 2 amide bonds. The van der Waals surface area contributed by atoms with Crippen molar-refractivity contribution in [3.05, 3.63) is 35.6 Å². The molecular weight excluding hydrogens is 405 g/mol. The fraction of sp³-hybridized carbons (Fsp3) is 0.591. The van der Waals surface area contributed by atoms with Gasteiger partial charge in [0.25, 0.3) is 0 Å². The quantitative estimate of drug-likeness (QED) is 0.690. The van der Waals surface area contributed by atoms with Gasteiger partial charge in [-0.15, -0.1) is 0 Å². The minimum atomic E-state index is -0.949. The Balaban J connectivity index is 1.66. The van der Waals surface area contributed by atoms with E-state index in [1.165, 1.54) is 19.2 Å². The lowest BCUT2D eigenvalue weighted by Crippen LogP contribution is -2.56. The lowest BCUT2D eigenvalue weighted by atomic mass is 10.1. The number of hydrogen-bond acceptors (Lipinski definition) is 6. The zero-order chi connectivity index (χ0) is 22.9. The van der Waals surface area contributed by atoms with E-state index in [-0.39, 0.29) is 36.4 Å². The third-order valence-electron chi connectivity index (χ3n) is 5.68. The van der Waals surface area contributed by atoms with Gasteiger partial charge in [0.05, 0.1) is 19.2 Å². The van der Waals surface area contributed by atoms with Gasteiger partial charge in [0, 0.05) is 19.1 Å². The molecule has 8 nitrogen and oxygen atoms in total. The van der Waals surface area contributed by atoms with Gasteiger partial charge >= 0.3 is 12.1 Å². The van der Waals surface area contributed by atoms with Crippen molar-refractivity contribution in [3.63, 3.8) is 0 Å². The lowest BCUT2D eigenvalue weighted by Gasteiger charge is -2.38. The summed E-state index contributed by atoms with van der Waals surface area (Å²) in [4.78, 5) is 41.2. The van der Waals surface area contributed by atoms with Crippen molar-refractivity contribution >= 4 is 18.0 Å². The average molecular weight is 435 g/mol. The minimum Gasteiger partial charge on any atom is -0.467 e. The number of methoxy groups -OCH3 is 1. The number of alkyl carbamates (subject to hydrolysis) is 1. The summed E-state index contributed by atoms with van der Waals surface area (Å²) in [5, 5.41) is 2.55. The van der Waals surface area contributed by atoms with Gasteiger partial charge in [0.15, 0.2) is 0 Å². The maximum absolute atomic E-state index is 13.2. The van der Waals surface area contributed by atoms with Crippen LogP contribution in [0.1, 0.15) is 45.7 Å². The molecule has 2 saturated heterocycles. The van der Waals surface area contributed by atoms with Crippen LogP contribution >= 0.6 is 0 Å². The number of carbonyl (C=O) groups excluding carboxylic acids is 3. The summed E-state index contributed by atoms with van der Waals surface area (Å²) in [5.41, 5.74) is 0.164. The first-order valence-corrected chi connectivity index (χ1v) is 10.4. The molecule has 31 heavy (non-hydrogen) atoms. The molecular formula is C22H30FN3O5. The number of rotatable bonds is 6. The maximum Gasteiger partial charge on any atom is 0.408 e. The van der Waals surface area contributed by atoms with Crippen molar-refractivity contribution in [2.75, 3.05) is 20.2 Å². The second-order valence-electron chi connectivity index (χ2n) is 9.05. The molecule has 2 bridgehead atoms. The van der Waals surface area contributed by atoms with Crippen molar-refractivity contribution in [1.82, 2.24) is 15.1 Å². The van der Waals surface area contributed by atoms with Crippen LogP contribution in [0.25, 0.3) is 0 Å². The molecule has 1 N–H and O–H groups in total. The Morgan fingerprint density at radius 3 is 2.45 bits per heavy atom. The molecule has 170 valence electrons. The number of fused-ring (bicyclic) bond motifs is 2. The predicted molar refractivity (Wildman–Crippen MR) is 111 cm³/mol. The first-order chi connectivity index (χ1) is 14.5. The van der Waals surface area contributed by atoms with Gasteiger partial charge < -0.3 is 19.7 Å². The Bertz CT molecular complexity index is 839. The standard InChI is InChI=1S/C22H30FN3O5/c1-13(14-6-8-15(23)9-7-14)26-16-10-18(19(26)27)25(11-16)12-17(20(28)30-5)24-21(29)31-22(2,3)4/h6-9,13,16-18H,10-12H2,1-5H3,(H,24,29). The second kappa shape index (κ2) is 8.82. The molecule has 4 atom stereocenters. The summed E-state index contributed by atoms with van der Waals surface area (Å²) in [6.45, 7) is 7.85. The number of ether oxygens (including phenoxy) is 2. The monoisotopic (exact) mass is 435 g/mol. The average Bonchev–Trinajstić information content (AvgIpc) is 3.22. The van der Waals surface area contributed by atoms with Crippen molar-refractivity contribution in [1.29, 1.82) is 0 Å². The van der Waals surface area contributed by atoms with Gasteiger partial charge in [-0.1, -0.05) is 12.1 Å². The number of carbonyl (C=O) groups is 3. The highest BCUT2D eigenvalue weighted by Crippen LogP contribution is 2.37. The number of piperazine rings is 1. The zero-order valence-electron chi connectivity index (χ0n) is 18.6. The van der Waals surface area contributed by atoms with Crippen molar-refractivity contribution < 1.29 is 28.2 Å². The highest BCUT2D eigenvalue weighted by molar-refractivity contribution is 5.87. The molecule has 2 aliphatic heterocycles. The number of hydrogen-bond donors (Lipinski definition) is 1. The van der Waals surface area contributed by atoms with Crippen LogP contribution in [0, 0.1) is 5.82 Å². The highest BCUT2D eigenvalue weighted by atomic mass is 19.1. The minimum absolute atomic E-state index is 0.0163. The van der Waals surface area contributed by atoms with Crippen LogP contribution < -0.4 is 5.32 Å². The topological polar surface area (TPSA) is 88.2 Å². The molecule has 2 fully saturated rings. The van der Waals surface area contributed by atoms with Gasteiger partial charge in [0.2, 0.25) is 5.91 Å². The Hall–Kier alpha value is -2.68. The third kappa shape index (κ3) is 5.15. The fourth-order valence-corrected chi connectivity index (χ4v) is 4.31. The van der Waals surface area contributed by atoms with Gasteiger partial charge in [-0.05, 0) is 51.8 Å². The summed E-state index contributed by atoms with van der Waals surface area (Å²) in [5.74, 6) is -0.950. The smallest absolute Gasteiger partial charge is 0.408 e. The number of amides is 2. The molecule has 3 rings (SSSR count). The predicted octanol–water partition coefficient (Wildman–Crippen LogP) is 2.24. The number of nitrogens with one attached hydrogen (secondary N) is 1. The molecule has 0 aromatic heterocycles. The largest absolute Gasteiger partial charge is 0.467 e.